The van der Waals surface area contributed by atoms with Crippen LogP contribution in [-0.4, -0.2) is 31.4 Å². The van der Waals surface area contributed by atoms with Gasteiger partial charge in [0, 0.05) is 18.7 Å². The van der Waals surface area contributed by atoms with Crippen molar-refractivity contribution in [2.75, 3.05) is 20.3 Å². The largest absolute Gasteiger partial charge is 0.491 e. The lowest BCUT2D eigenvalue weighted by atomic mass is 10.2. The molecule has 0 aliphatic heterocycles. The molecule has 92 valence electrons. The number of halogens is 1. The number of carbonyl (C=O) groups is 1. The zero-order valence-electron chi connectivity index (χ0n) is 9.35. The smallest absolute Gasteiger partial charge is 0.328 e. The summed E-state index contributed by atoms with van der Waals surface area (Å²) in [6.07, 6.45) is 2.21. The number of hydrogen-bond acceptors (Lipinski definition) is 3. The summed E-state index contributed by atoms with van der Waals surface area (Å²) in [6.45, 7) is 0.718. The summed E-state index contributed by atoms with van der Waals surface area (Å²) in [7, 11) is 1.54. The molecule has 1 aromatic carbocycles. The summed E-state index contributed by atoms with van der Waals surface area (Å²) >= 11 is 0. The van der Waals surface area contributed by atoms with Gasteiger partial charge in [-0.15, -0.1) is 0 Å². The lowest BCUT2D eigenvalue weighted by molar-refractivity contribution is -0.131. The Balaban J connectivity index is 2.83. The van der Waals surface area contributed by atoms with Gasteiger partial charge < -0.3 is 14.6 Å². The van der Waals surface area contributed by atoms with Crippen molar-refractivity contribution in [2.24, 2.45) is 0 Å². The van der Waals surface area contributed by atoms with Crippen LogP contribution in [0, 0.1) is 5.82 Å². The molecule has 1 N–H and O–H groups in total. The topological polar surface area (TPSA) is 55.8 Å². The molecule has 0 saturated carbocycles. The van der Waals surface area contributed by atoms with Gasteiger partial charge in [0.25, 0.3) is 0 Å². The van der Waals surface area contributed by atoms with Crippen LogP contribution in [0.25, 0.3) is 6.08 Å². The maximum Gasteiger partial charge on any atom is 0.328 e. The van der Waals surface area contributed by atoms with Crippen LogP contribution in [-0.2, 0) is 9.53 Å². The van der Waals surface area contributed by atoms with Crippen molar-refractivity contribution in [1.29, 1.82) is 0 Å². The van der Waals surface area contributed by atoms with Crippen LogP contribution >= 0.6 is 0 Å². The number of aliphatic carboxylic acids is 1. The Hall–Kier alpha value is -1.88. The third-order valence-electron chi connectivity index (χ3n) is 1.92. The highest BCUT2D eigenvalue weighted by Crippen LogP contribution is 2.21. The average molecular weight is 240 g/mol. The molecule has 4 nitrogen and oxygen atoms in total. The van der Waals surface area contributed by atoms with Crippen molar-refractivity contribution in [3.63, 3.8) is 0 Å². The van der Waals surface area contributed by atoms with Crippen LogP contribution in [0.3, 0.4) is 0 Å². The minimum absolute atomic E-state index is 0.316. The zero-order chi connectivity index (χ0) is 12.7. The van der Waals surface area contributed by atoms with Gasteiger partial charge in [0.1, 0.15) is 18.2 Å². The first-order valence-corrected chi connectivity index (χ1v) is 4.96. The first-order valence-electron chi connectivity index (χ1n) is 4.96. The maximum atomic E-state index is 13.0. The lowest BCUT2D eigenvalue weighted by Crippen LogP contribution is -2.05. The van der Waals surface area contributed by atoms with Crippen LogP contribution < -0.4 is 4.74 Å². The van der Waals surface area contributed by atoms with E-state index < -0.39 is 11.8 Å². The van der Waals surface area contributed by atoms with E-state index >= 15 is 0 Å². The monoisotopic (exact) mass is 240 g/mol. The van der Waals surface area contributed by atoms with Gasteiger partial charge in [-0.1, -0.05) is 0 Å². The second kappa shape index (κ2) is 6.65. The summed E-state index contributed by atoms with van der Waals surface area (Å²) in [4.78, 5) is 10.4. The van der Waals surface area contributed by atoms with Crippen LogP contribution in [0.1, 0.15) is 5.56 Å². The number of benzene rings is 1. The number of hydrogen-bond donors (Lipinski definition) is 1. The first kappa shape index (κ1) is 13.2. The van der Waals surface area contributed by atoms with E-state index in [0.717, 1.165) is 6.08 Å². The number of ether oxygens (including phenoxy) is 2. The SMILES string of the molecule is COCCOc1ccc(F)cc1C=CC(=O)O. The molecule has 0 bridgehead atoms. The third kappa shape index (κ3) is 4.65. The number of rotatable bonds is 6. The molecule has 0 spiro atoms. The highest BCUT2D eigenvalue weighted by Gasteiger charge is 2.03. The lowest BCUT2D eigenvalue weighted by Gasteiger charge is -2.08. The Kier molecular flexibility index (Phi) is 5.16. The number of carboxylic acid groups (broad SMARTS) is 1. The van der Waals surface area contributed by atoms with E-state index in [9.17, 15) is 9.18 Å². The number of carboxylic acids is 1. The molecule has 0 aliphatic rings. The van der Waals surface area contributed by atoms with Crippen LogP contribution in [0.2, 0.25) is 0 Å². The summed E-state index contributed by atoms with van der Waals surface area (Å²) in [5.41, 5.74) is 0.378. The molecule has 0 atom stereocenters. The molecule has 1 rings (SSSR count). The molecule has 0 fully saturated rings. The van der Waals surface area contributed by atoms with Gasteiger partial charge in [0.15, 0.2) is 0 Å². The van der Waals surface area contributed by atoms with E-state index in [0.29, 0.717) is 24.5 Å². The van der Waals surface area contributed by atoms with Crippen molar-refractivity contribution in [1.82, 2.24) is 0 Å². The van der Waals surface area contributed by atoms with E-state index in [1.807, 2.05) is 0 Å². The molecule has 0 heterocycles. The highest BCUT2D eigenvalue weighted by atomic mass is 19.1. The van der Waals surface area contributed by atoms with Crippen molar-refractivity contribution in [2.45, 2.75) is 0 Å². The minimum Gasteiger partial charge on any atom is -0.491 e. The van der Waals surface area contributed by atoms with Gasteiger partial charge in [0.05, 0.1) is 6.61 Å². The molecular weight excluding hydrogens is 227 g/mol. The Morgan fingerprint density at radius 2 is 2.24 bits per heavy atom. The van der Waals surface area contributed by atoms with Crippen LogP contribution in [0.15, 0.2) is 24.3 Å². The molecule has 1 aromatic rings. The highest BCUT2D eigenvalue weighted by molar-refractivity contribution is 5.85. The fourth-order valence-corrected chi connectivity index (χ4v) is 1.18. The Bertz CT molecular complexity index is 415. The second-order valence-electron chi connectivity index (χ2n) is 3.19. The molecule has 0 aromatic heterocycles. The standard InChI is InChI=1S/C12H13FO4/c1-16-6-7-17-11-4-3-10(13)8-9(11)2-5-12(14)15/h2-5,8H,6-7H2,1H3,(H,14,15). The summed E-state index contributed by atoms with van der Waals surface area (Å²) < 4.78 is 23.1. The Labute approximate surface area is 98.3 Å². The minimum atomic E-state index is -1.10. The van der Waals surface area contributed by atoms with E-state index in [-0.39, 0.29) is 0 Å². The molecule has 0 amide bonds. The van der Waals surface area contributed by atoms with Crippen molar-refractivity contribution >= 4 is 12.0 Å². The van der Waals surface area contributed by atoms with Gasteiger partial charge >= 0.3 is 5.97 Å². The van der Waals surface area contributed by atoms with Crippen LogP contribution in [0.5, 0.6) is 5.75 Å². The van der Waals surface area contributed by atoms with Crippen molar-refractivity contribution in [3.05, 3.63) is 35.7 Å². The van der Waals surface area contributed by atoms with Gasteiger partial charge in [0.2, 0.25) is 0 Å². The molecule has 0 radical (unpaired) electrons. The molecule has 5 heteroatoms. The average Bonchev–Trinajstić information content (AvgIpc) is 2.29. The van der Waals surface area contributed by atoms with Gasteiger partial charge in [-0.2, -0.15) is 0 Å². The van der Waals surface area contributed by atoms with E-state index in [1.165, 1.54) is 24.3 Å². The van der Waals surface area contributed by atoms with Crippen LogP contribution in [0.4, 0.5) is 4.39 Å². The zero-order valence-corrected chi connectivity index (χ0v) is 9.35. The molecule has 0 unspecified atom stereocenters. The summed E-state index contributed by atoms with van der Waals surface area (Å²) in [6, 6.07) is 3.91. The predicted molar refractivity (Wildman–Crippen MR) is 60.4 cm³/mol. The Morgan fingerprint density at radius 3 is 2.88 bits per heavy atom. The maximum absolute atomic E-state index is 13.0. The third-order valence-corrected chi connectivity index (χ3v) is 1.92. The van der Waals surface area contributed by atoms with Gasteiger partial charge in [-0.05, 0) is 24.3 Å². The fraction of sp³-hybridized carbons (Fsp3) is 0.250. The first-order chi connectivity index (χ1) is 8.13. The summed E-state index contributed by atoms with van der Waals surface area (Å²) in [5, 5.41) is 8.51. The van der Waals surface area contributed by atoms with Gasteiger partial charge in [-0.25, -0.2) is 9.18 Å². The number of methoxy groups -OCH3 is 1. The molecule has 0 aliphatic carbocycles. The van der Waals surface area contributed by atoms with Crippen molar-refractivity contribution < 1.29 is 23.8 Å². The van der Waals surface area contributed by atoms with Crippen molar-refractivity contribution in [3.8, 4) is 5.75 Å². The Morgan fingerprint density at radius 1 is 1.47 bits per heavy atom. The van der Waals surface area contributed by atoms with Gasteiger partial charge in [-0.3, -0.25) is 0 Å². The fourth-order valence-electron chi connectivity index (χ4n) is 1.18. The second-order valence-corrected chi connectivity index (χ2v) is 3.19. The van der Waals surface area contributed by atoms with E-state index in [2.05, 4.69) is 0 Å². The normalized spacial score (nSPS) is 10.7. The molecule has 0 saturated heterocycles. The summed E-state index contributed by atoms with van der Waals surface area (Å²) in [5.74, 6) is -1.13. The van der Waals surface area contributed by atoms with E-state index in [4.69, 9.17) is 14.6 Å². The predicted octanol–water partition coefficient (Wildman–Crippen LogP) is 1.95. The molecular formula is C12H13FO4. The molecule has 17 heavy (non-hydrogen) atoms. The van der Waals surface area contributed by atoms with E-state index in [1.54, 1.807) is 7.11 Å². The quantitative estimate of drug-likeness (QED) is 0.610.